The van der Waals surface area contributed by atoms with Gasteiger partial charge in [-0.25, -0.2) is 0 Å². The van der Waals surface area contributed by atoms with Crippen LogP contribution in [0.3, 0.4) is 0 Å². The van der Waals surface area contributed by atoms with Crippen LogP contribution in [0.2, 0.25) is 0 Å². The number of benzene rings is 1. The minimum absolute atomic E-state index is 0.0676. The molecule has 0 spiro atoms. The maximum absolute atomic E-state index is 5.71. The normalized spacial score (nSPS) is 12.1. The standard InChI is InChI=1S/C13H15BrO/c1-3-7-13(15-10-11(2)14)12-8-5-4-6-9-12/h3-6,8-9,13H,1-2,7,10H2. The van der Waals surface area contributed by atoms with Gasteiger partial charge in [0.1, 0.15) is 0 Å². The number of rotatable bonds is 6. The van der Waals surface area contributed by atoms with E-state index in [1.807, 2.05) is 24.3 Å². The number of hydrogen-bond acceptors (Lipinski definition) is 1. The Bertz CT molecular complexity index is 319. The Hall–Kier alpha value is -0.860. The van der Waals surface area contributed by atoms with Crippen LogP contribution in [0.15, 0.2) is 54.0 Å². The summed E-state index contributed by atoms with van der Waals surface area (Å²) in [6, 6.07) is 10.1. The van der Waals surface area contributed by atoms with Gasteiger partial charge in [0, 0.05) is 4.48 Å². The van der Waals surface area contributed by atoms with Crippen molar-refractivity contribution in [3.63, 3.8) is 0 Å². The summed E-state index contributed by atoms with van der Waals surface area (Å²) in [5, 5.41) is 0. The zero-order valence-electron chi connectivity index (χ0n) is 8.66. The van der Waals surface area contributed by atoms with Crippen molar-refractivity contribution < 1.29 is 4.74 Å². The molecule has 0 aliphatic heterocycles. The quantitative estimate of drug-likeness (QED) is 0.701. The molecule has 1 aromatic carbocycles. The number of hydrogen-bond donors (Lipinski definition) is 0. The molecule has 0 amide bonds. The Morgan fingerprint density at radius 1 is 1.40 bits per heavy atom. The van der Waals surface area contributed by atoms with Gasteiger partial charge in [0.25, 0.3) is 0 Å². The largest absolute Gasteiger partial charge is 0.368 e. The van der Waals surface area contributed by atoms with E-state index in [1.165, 1.54) is 5.56 Å². The molecular formula is C13H15BrO. The molecule has 0 heterocycles. The highest BCUT2D eigenvalue weighted by Crippen LogP contribution is 2.22. The van der Waals surface area contributed by atoms with E-state index in [4.69, 9.17) is 4.74 Å². The number of ether oxygens (including phenoxy) is 1. The number of halogens is 1. The summed E-state index contributed by atoms with van der Waals surface area (Å²) >= 11 is 3.28. The minimum Gasteiger partial charge on any atom is -0.368 e. The first kappa shape index (κ1) is 12.2. The molecule has 1 unspecified atom stereocenters. The van der Waals surface area contributed by atoms with Crippen LogP contribution in [-0.2, 0) is 4.74 Å². The molecule has 0 bridgehead atoms. The zero-order chi connectivity index (χ0) is 11.1. The smallest absolute Gasteiger partial charge is 0.0864 e. The van der Waals surface area contributed by atoms with Crippen molar-refractivity contribution in [3.8, 4) is 0 Å². The molecule has 0 radical (unpaired) electrons. The molecule has 0 aromatic heterocycles. The van der Waals surface area contributed by atoms with Gasteiger partial charge in [0.15, 0.2) is 0 Å². The maximum atomic E-state index is 5.71. The van der Waals surface area contributed by atoms with Crippen LogP contribution in [0, 0.1) is 0 Å². The van der Waals surface area contributed by atoms with Crippen LogP contribution in [0.1, 0.15) is 18.1 Å². The van der Waals surface area contributed by atoms with Crippen molar-refractivity contribution in [2.24, 2.45) is 0 Å². The maximum Gasteiger partial charge on any atom is 0.0864 e. The fourth-order valence-corrected chi connectivity index (χ4v) is 1.44. The third kappa shape index (κ3) is 4.45. The highest BCUT2D eigenvalue weighted by Gasteiger charge is 2.09. The third-order valence-corrected chi connectivity index (χ3v) is 2.22. The topological polar surface area (TPSA) is 9.23 Å². The van der Waals surface area contributed by atoms with Crippen LogP contribution >= 0.6 is 15.9 Å². The second-order valence-electron chi connectivity index (χ2n) is 3.25. The van der Waals surface area contributed by atoms with Crippen molar-refractivity contribution in [1.82, 2.24) is 0 Å². The second-order valence-corrected chi connectivity index (χ2v) is 4.37. The van der Waals surface area contributed by atoms with Gasteiger partial charge in [0.05, 0.1) is 12.7 Å². The van der Waals surface area contributed by atoms with E-state index in [-0.39, 0.29) is 6.10 Å². The molecule has 80 valence electrons. The fraction of sp³-hybridized carbons (Fsp3) is 0.231. The lowest BCUT2D eigenvalue weighted by atomic mass is 10.1. The monoisotopic (exact) mass is 266 g/mol. The van der Waals surface area contributed by atoms with Gasteiger partial charge in [0.2, 0.25) is 0 Å². The summed E-state index contributed by atoms with van der Waals surface area (Å²) in [7, 11) is 0. The van der Waals surface area contributed by atoms with Gasteiger partial charge < -0.3 is 4.74 Å². The summed E-state index contributed by atoms with van der Waals surface area (Å²) in [6.45, 7) is 8.01. The molecule has 15 heavy (non-hydrogen) atoms. The summed E-state index contributed by atoms with van der Waals surface area (Å²) in [5.41, 5.74) is 1.17. The Morgan fingerprint density at radius 2 is 2.07 bits per heavy atom. The summed E-state index contributed by atoms with van der Waals surface area (Å²) in [6.07, 6.45) is 2.75. The molecule has 1 atom stereocenters. The molecule has 2 heteroatoms. The Morgan fingerprint density at radius 3 is 2.60 bits per heavy atom. The molecule has 1 aromatic rings. The van der Waals surface area contributed by atoms with Crippen molar-refractivity contribution >= 4 is 15.9 Å². The van der Waals surface area contributed by atoms with E-state index >= 15 is 0 Å². The fourth-order valence-electron chi connectivity index (χ4n) is 1.31. The second kappa shape index (κ2) is 6.59. The summed E-state index contributed by atoms with van der Waals surface area (Å²) in [4.78, 5) is 0. The summed E-state index contributed by atoms with van der Waals surface area (Å²) in [5.74, 6) is 0. The summed E-state index contributed by atoms with van der Waals surface area (Å²) < 4.78 is 6.57. The first-order valence-electron chi connectivity index (χ1n) is 4.84. The van der Waals surface area contributed by atoms with Crippen LogP contribution < -0.4 is 0 Å². The van der Waals surface area contributed by atoms with Crippen LogP contribution in [0.25, 0.3) is 0 Å². The molecule has 0 N–H and O–H groups in total. The molecule has 0 fully saturated rings. The van der Waals surface area contributed by atoms with E-state index in [1.54, 1.807) is 0 Å². The molecule has 1 rings (SSSR count). The Balaban J connectivity index is 2.65. The van der Waals surface area contributed by atoms with Crippen molar-refractivity contribution in [2.75, 3.05) is 6.61 Å². The zero-order valence-corrected chi connectivity index (χ0v) is 10.2. The minimum atomic E-state index is 0.0676. The lowest BCUT2D eigenvalue weighted by Gasteiger charge is -2.16. The average molecular weight is 267 g/mol. The lowest BCUT2D eigenvalue weighted by Crippen LogP contribution is -2.04. The van der Waals surface area contributed by atoms with Gasteiger partial charge in [-0.1, -0.05) is 58.9 Å². The van der Waals surface area contributed by atoms with E-state index in [0.717, 1.165) is 10.9 Å². The highest BCUT2D eigenvalue weighted by molar-refractivity contribution is 9.11. The van der Waals surface area contributed by atoms with Gasteiger partial charge in [-0.05, 0) is 12.0 Å². The predicted octanol–water partition coefficient (Wildman–Crippen LogP) is 4.23. The van der Waals surface area contributed by atoms with Gasteiger partial charge >= 0.3 is 0 Å². The van der Waals surface area contributed by atoms with Gasteiger partial charge in [-0.3, -0.25) is 0 Å². The first-order chi connectivity index (χ1) is 7.24. The van der Waals surface area contributed by atoms with Crippen molar-refractivity contribution in [3.05, 3.63) is 59.6 Å². The molecule has 0 aliphatic rings. The van der Waals surface area contributed by atoms with E-state index in [9.17, 15) is 0 Å². The van der Waals surface area contributed by atoms with Crippen molar-refractivity contribution in [1.29, 1.82) is 0 Å². The van der Waals surface area contributed by atoms with Crippen molar-refractivity contribution in [2.45, 2.75) is 12.5 Å². The lowest BCUT2D eigenvalue weighted by molar-refractivity contribution is 0.0755. The van der Waals surface area contributed by atoms with E-state index in [2.05, 4.69) is 41.2 Å². The van der Waals surface area contributed by atoms with Gasteiger partial charge in [-0.2, -0.15) is 0 Å². The molecular weight excluding hydrogens is 252 g/mol. The molecule has 0 saturated heterocycles. The van der Waals surface area contributed by atoms with Crippen LogP contribution in [0.4, 0.5) is 0 Å². The third-order valence-electron chi connectivity index (χ3n) is 1.99. The SMILES string of the molecule is C=CCC(OCC(=C)Br)c1ccccc1. The molecule has 0 saturated carbocycles. The van der Waals surface area contributed by atoms with Crippen LogP contribution in [-0.4, -0.2) is 6.61 Å². The Labute approximate surface area is 99.6 Å². The first-order valence-corrected chi connectivity index (χ1v) is 5.64. The van der Waals surface area contributed by atoms with Gasteiger partial charge in [-0.15, -0.1) is 6.58 Å². The predicted molar refractivity (Wildman–Crippen MR) is 68.0 cm³/mol. The van der Waals surface area contributed by atoms with E-state index < -0.39 is 0 Å². The molecule has 0 aliphatic carbocycles. The van der Waals surface area contributed by atoms with Crippen LogP contribution in [0.5, 0.6) is 0 Å². The van der Waals surface area contributed by atoms with E-state index in [0.29, 0.717) is 6.61 Å². The molecule has 1 nitrogen and oxygen atoms in total. The Kier molecular flexibility index (Phi) is 5.37. The highest BCUT2D eigenvalue weighted by atomic mass is 79.9. The average Bonchev–Trinajstić information content (AvgIpc) is 2.25.